The van der Waals surface area contributed by atoms with Gasteiger partial charge in [-0.2, -0.15) is 0 Å². The molecule has 6 N–H and O–H groups in total. The number of primary amides is 1. The molecule has 0 aromatic heterocycles. The second-order valence-corrected chi connectivity index (χ2v) is 12.1. The van der Waals surface area contributed by atoms with E-state index >= 15 is 0 Å². The second-order valence-electron chi connectivity index (χ2n) is 12.1. The Hall–Kier alpha value is -4.69. The molecule has 0 bridgehead atoms. The summed E-state index contributed by atoms with van der Waals surface area (Å²) >= 11 is 0. The minimum Gasteiger partial charge on any atom is -0.480 e. The minimum absolute atomic E-state index is 0.142. The molecule has 0 spiro atoms. The van der Waals surface area contributed by atoms with Gasteiger partial charge in [-0.1, -0.05) is 30.3 Å². The highest BCUT2D eigenvalue weighted by atomic mass is 16.6. The molecule has 0 saturated heterocycles. The Labute approximate surface area is 261 Å². The van der Waals surface area contributed by atoms with E-state index in [1.165, 1.54) is 0 Å². The smallest absolute Gasteiger partial charge is 0.408 e. The third kappa shape index (κ3) is 17.3. The third-order valence-corrected chi connectivity index (χ3v) is 5.60. The summed E-state index contributed by atoms with van der Waals surface area (Å²) in [6.45, 7) is 9.59. The average Bonchev–Trinajstić information content (AvgIpc) is 2.89. The van der Waals surface area contributed by atoms with E-state index in [9.17, 15) is 38.7 Å². The second kappa shape index (κ2) is 17.6. The largest absolute Gasteiger partial charge is 0.480 e. The van der Waals surface area contributed by atoms with Crippen molar-refractivity contribution in [2.45, 2.75) is 110 Å². The number of nitrogens with two attached hydrogens (primary N) is 1. The van der Waals surface area contributed by atoms with Gasteiger partial charge in [0.25, 0.3) is 0 Å². The summed E-state index contributed by atoms with van der Waals surface area (Å²) in [4.78, 5) is 87.0. The Kier molecular flexibility index (Phi) is 15.0. The highest BCUT2D eigenvalue weighted by molar-refractivity contribution is 5.94. The first-order chi connectivity index (χ1) is 20.8. The number of aliphatic carboxylic acids is 1. The van der Waals surface area contributed by atoms with Gasteiger partial charge in [-0.05, 0) is 59.9 Å². The number of rotatable bonds is 16. The Morgan fingerprint density at radius 2 is 1.24 bits per heavy atom. The number of carboxylic acids is 1. The zero-order valence-corrected chi connectivity index (χ0v) is 26.5. The van der Waals surface area contributed by atoms with Crippen molar-refractivity contribution >= 4 is 41.7 Å². The van der Waals surface area contributed by atoms with Crippen molar-refractivity contribution in [3.05, 3.63) is 35.9 Å². The van der Waals surface area contributed by atoms with Crippen molar-refractivity contribution in [1.29, 1.82) is 0 Å². The molecule has 250 valence electrons. The molecule has 0 aliphatic carbocycles. The van der Waals surface area contributed by atoms with Gasteiger partial charge in [0.15, 0.2) is 0 Å². The molecule has 0 aliphatic rings. The molecule has 4 amide bonds. The van der Waals surface area contributed by atoms with E-state index in [1.807, 2.05) is 0 Å². The number of carboxylic acid groups (broad SMARTS) is 1. The van der Waals surface area contributed by atoms with Gasteiger partial charge in [-0.15, -0.1) is 0 Å². The Morgan fingerprint density at radius 3 is 1.78 bits per heavy atom. The molecule has 1 aromatic carbocycles. The summed E-state index contributed by atoms with van der Waals surface area (Å²) in [6, 6.07) is 4.00. The van der Waals surface area contributed by atoms with Crippen LogP contribution in [0.1, 0.15) is 79.2 Å². The van der Waals surface area contributed by atoms with Gasteiger partial charge in [-0.3, -0.25) is 24.0 Å². The molecule has 1 aromatic rings. The van der Waals surface area contributed by atoms with Crippen LogP contribution < -0.4 is 21.7 Å². The lowest BCUT2D eigenvalue weighted by Crippen LogP contribution is -2.56. The zero-order valence-electron chi connectivity index (χ0n) is 26.5. The number of esters is 2. The fourth-order valence-electron chi connectivity index (χ4n) is 3.68. The molecule has 0 radical (unpaired) electrons. The number of alkyl carbamates (subject to hydrolysis) is 1. The van der Waals surface area contributed by atoms with Crippen LogP contribution in [0.25, 0.3) is 0 Å². The zero-order chi connectivity index (χ0) is 34.4. The van der Waals surface area contributed by atoms with Crippen LogP contribution in [-0.2, 0) is 49.6 Å². The van der Waals surface area contributed by atoms with E-state index in [0.29, 0.717) is 5.56 Å². The number of hydrogen-bond donors (Lipinski definition) is 5. The monoisotopic (exact) mass is 636 g/mol. The molecular weight excluding hydrogens is 592 g/mol. The van der Waals surface area contributed by atoms with Gasteiger partial charge in [0.1, 0.15) is 35.9 Å². The number of hydrogen-bond acceptors (Lipinski definition) is 10. The summed E-state index contributed by atoms with van der Waals surface area (Å²) < 4.78 is 15.6. The van der Waals surface area contributed by atoms with Crippen molar-refractivity contribution in [3.8, 4) is 0 Å². The predicted octanol–water partition coefficient (Wildman–Crippen LogP) is 1.45. The summed E-state index contributed by atoms with van der Waals surface area (Å²) in [5, 5.41) is 16.5. The van der Waals surface area contributed by atoms with Crippen LogP contribution in [0.4, 0.5) is 4.79 Å². The molecule has 0 saturated carbocycles. The number of carbonyl (C=O) groups is 7. The highest BCUT2D eigenvalue weighted by Gasteiger charge is 2.32. The number of ether oxygens (including phenoxy) is 3. The standard InChI is InChI=1S/C30H44N4O11/c1-29(2,3)44-23(36)15-13-20(27(40)41)33-25(38)19(12-14-22(31)35)32-26(39)21(16-24(37)45-30(4,5)6)34-28(42)43-17-18-10-8-7-9-11-18/h7-11,19-21H,12-17H2,1-6H3,(H2,31,35)(H,32,39)(H,33,38)(H,34,42)(H,40,41)/t19-,20-,21-/m1/s1. The SMILES string of the molecule is CC(C)(C)OC(=O)CC[C@@H](NC(=O)[C@@H](CCC(N)=O)NC(=O)[C@@H](CC(=O)OC(C)(C)C)NC(=O)OCc1ccccc1)C(=O)O. The lowest BCUT2D eigenvalue weighted by molar-refractivity contribution is -0.157. The van der Waals surface area contributed by atoms with Crippen LogP contribution in [0.2, 0.25) is 0 Å². The highest BCUT2D eigenvalue weighted by Crippen LogP contribution is 2.12. The maximum absolute atomic E-state index is 13.3. The number of benzene rings is 1. The summed E-state index contributed by atoms with van der Waals surface area (Å²) in [7, 11) is 0. The topological polar surface area (TPSA) is 230 Å². The molecule has 15 nitrogen and oxygen atoms in total. The first-order valence-corrected chi connectivity index (χ1v) is 14.3. The number of amides is 4. The summed E-state index contributed by atoms with van der Waals surface area (Å²) in [6.07, 6.45) is -3.09. The fourth-order valence-corrected chi connectivity index (χ4v) is 3.68. The molecule has 0 heterocycles. The normalized spacial score (nSPS) is 13.3. The van der Waals surface area contributed by atoms with Gasteiger partial charge in [-0.25, -0.2) is 9.59 Å². The van der Waals surface area contributed by atoms with Crippen molar-refractivity contribution in [2.75, 3.05) is 0 Å². The van der Waals surface area contributed by atoms with Gasteiger partial charge in [0.05, 0.1) is 6.42 Å². The van der Waals surface area contributed by atoms with Crippen molar-refractivity contribution < 1.29 is 52.9 Å². The van der Waals surface area contributed by atoms with Crippen LogP contribution in [-0.4, -0.2) is 76.2 Å². The van der Waals surface area contributed by atoms with E-state index in [2.05, 4.69) is 16.0 Å². The predicted molar refractivity (Wildman–Crippen MR) is 159 cm³/mol. The Bertz CT molecular complexity index is 1210. The first-order valence-electron chi connectivity index (χ1n) is 14.3. The van der Waals surface area contributed by atoms with E-state index in [1.54, 1.807) is 71.9 Å². The van der Waals surface area contributed by atoms with Crippen LogP contribution >= 0.6 is 0 Å². The van der Waals surface area contributed by atoms with Crippen molar-refractivity contribution in [2.24, 2.45) is 5.73 Å². The maximum atomic E-state index is 13.3. The minimum atomic E-state index is -1.59. The van der Waals surface area contributed by atoms with Crippen molar-refractivity contribution in [1.82, 2.24) is 16.0 Å². The van der Waals surface area contributed by atoms with Crippen LogP contribution in [0.3, 0.4) is 0 Å². The Morgan fingerprint density at radius 1 is 0.733 bits per heavy atom. The van der Waals surface area contributed by atoms with Gasteiger partial charge < -0.3 is 41.0 Å². The van der Waals surface area contributed by atoms with Crippen molar-refractivity contribution in [3.63, 3.8) is 0 Å². The van der Waals surface area contributed by atoms with Crippen LogP contribution in [0, 0.1) is 0 Å². The maximum Gasteiger partial charge on any atom is 0.408 e. The van der Waals surface area contributed by atoms with E-state index in [4.69, 9.17) is 19.9 Å². The lowest BCUT2D eigenvalue weighted by atomic mass is 10.1. The van der Waals surface area contributed by atoms with E-state index < -0.39 is 77.5 Å². The molecular formula is C30H44N4O11. The molecule has 3 atom stereocenters. The molecule has 0 fully saturated rings. The number of nitrogens with one attached hydrogen (secondary N) is 3. The number of carbonyl (C=O) groups excluding carboxylic acids is 6. The molecule has 0 aliphatic heterocycles. The fraction of sp³-hybridized carbons (Fsp3) is 0.567. The molecule has 45 heavy (non-hydrogen) atoms. The van der Waals surface area contributed by atoms with E-state index in [-0.39, 0.29) is 32.3 Å². The molecule has 1 rings (SSSR count). The molecule has 15 heteroatoms. The molecule has 0 unspecified atom stereocenters. The summed E-state index contributed by atoms with van der Waals surface area (Å²) in [5.41, 5.74) is 4.16. The lowest BCUT2D eigenvalue weighted by Gasteiger charge is -2.25. The Balaban J connectivity index is 3.09. The van der Waals surface area contributed by atoms with Gasteiger partial charge >= 0.3 is 24.0 Å². The van der Waals surface area contributed by atoms with E-state index in [0.717, 1.165) is 0 Å². The van der Waals surface area contributed by atoms with Gasteiger partial charge in [0.2, 0.25) is 17.7 Å². The quantitative estimate of drug-likeness (QED) is 0.129. The average molecular weight is 637 g/mol. The first kappa shape index (κ1) is 38.3. The summed E-state index contributed by atoms with van der Waals surface area (Å²) in [5.74, 6) is -5.84. The third-order valence-electron chi connectivity index (χ3n) is 5.60. The van der Waals surface area contributed by atoms with Crippen LogP contribution in [0.5, 0.6) is 0 Å². The van der Waals surface area contributed by atoms with Crippen LogP contribution in [0.15, 0.2) is 30.3 Å². The van der Waals surface area contributed by atoms with Gasteiger partial charge in [0, 0.05) is 12.8 Å².